The van der Waals surface area contributed by atoms with Crippen LogP contribution in [0.3, 0.4) is 0 Å². The molecule has 1 aromatic rings. The average molecular weight is 206 g/mol. The second-order valence-electron chi connectivity index (χ2n) is 2.62. The summed E-state index contributed by atoms with van der Waals surface area (Å²) in [5.74, 6) is 0.619. The molecule has 5 heteroatoms. The minimum absolute atomic E-state index is 0.274. The van der Waals surface area contributed by atoms with E-state index in [0.717, 1.165) is 0 Å². The van der Waals surface area contributed by atoms with Gasteiger partial charge in [0.15, 0.2) is 11.5 Å². The van der Waals surface area contributed by atoms with Crippen molar-refractivity contribution in [2.75, 3.05) is 14.2 Å². The maximum Gasteiger partial charge on any atom is 0.412 e. The van der Waals surface area contributed by atoms with E-state index in [4.69, 9.17) is 14.7 Å². The zero-order valence-corrected chi connectivity index (χ0v) is 8.40. The molecule has 0 bridgehead atoms. The van der Waals surface area contributed by atoms with Gasteiger partial charge in [-0.05, 0) is 12.1 Å². The number of carbonyl (C=O) groups is 1. The fraction of sp³-hybridized carbons (Fsp3) is 0.200. The van der Waals surface area contributed by atoms with Gasteiger partial charge in [-0.25, -0.2) is 4.79 Å². The Balaban J connectivity index is 2.98. The van der Waals surface area contributed by atoms with E-state index in [1.54, 1.807) is 6.07 Å². The van der Waals surface area contributed by atoms with Crippen molar-refractivity contribution in [3.8, 4) is 17.6 Å². The van der Waals surface area contributed by atoms with Crippen LogP contribution in [0.15, 0.2) is 18.2 Å². The summed E-state index contributed by atoms with van der Waals surface area (Å²) in [6.45, 7) is 0. The molecular weight excluding hydrogens is 196 g/mol. The van der Waals surface area contributed by atoms with E-state index in [2.05, 4.69) is 5.32 Å². The number of nitrogens with one attached hydrogen (secondary N) is 1. The van der Waals surface area contributed by atoms with Gasteiger partial charge in [0.1, 0.15) is 0 Å². The number of benzene rings is 1. The highest BCUT2D eigenvalue weighted by atomic mass is 16.6. The second kappa shape index (κ2) is 4.86. The maximum atomic E-state index is 10.9. The van der Waals surface area contributed by atoms with Gasteiger partial charge in [-0.15, -0.1) is 0 Å². The van der Waals surface area contributed by atoms with Crippen molar-refractivity contribution >= 4 is 6.09 Å². The molecule has 0 radical (unpaired) electrons. The lowest BCUT2D eigenvalue weighted by molar-refractivity contribution is 0.201. The molecular formula is C10H10N2O3. The number of rotatable bonds is 2. The Bertz CT molecular complexity index is 410. The summed E-state index contributed by atoms with van der Waals surface area (Å²) in [5.41, 5.74) is 0.441. The third-order valence-electron chi connectivity index (χ3n) is 1.70. The van der Waals surface area contributed by atoms with Crippen LogP contribution in [-0.4, -0.2) is 20.3 Å². The molecule has 0 unspecified atom stereocenters. The third-order valence-corrected chi connectivity index (χ3v) is 1.70. The molecule has 0 aromatic heterocycles. The first-order chi connectivity index (χ1) is 7.21. The molecule has 0 spiro atoms. The molecule has 1 N–H and O–H groups in total. The van der Waals surface area contributed by atoms with Gasteiger partial charge in [-0.1, -0.05) is 0 Å². The Hall–Kier alpha value is -2.22. The highest BCUT2D eigenvalue weighted by Crippen LogP contribution is 2.27. The first-order valence-electron chi connectivity index (χ1n) is 4.19. The molecule has 0 saturated carbocycles. The zero-order valence-electron chi connectivity index (χ0n) is 8.40. The molecule has 0 aliphatic rings. The summed E-state index contributed by atoms with van der Waals surface area (Å²) in [6, 6.07) is 6.51. The van der Waals surface area contributed by atoms with Crippen LogP contribution in [-0.2, 0) is 0 Å². The Morgan fingerprint density at radius 1 is 1.47 bits per heavy atom. The third kappa shape index (κ3) is 2.61. The Kier molecular flexibility index (Phi) is 3.52. The van der Waals surface area contributed by atoms with E-state index in [9.17, 15) is 4.79 Å². The molecule has 0 aliphatic carbocycles. The molecule has 0 fully saturated rings. The molecule has 5 nitrogen and oxygen atoms in total. The number of nitrogens with zero attached hydrogens (tertiary/aromatic N) is 1. The number of hydrogen-bond donors (Lipinski definition) is 1. The summed E-state index contributed by atoms with van der Waals surface area (Å²) in [4.78, 5) is 10.9. The number of methoxy groups -OCH3 is 1. The number of carbonyl (C=O) groups excluding carboxylic acids is 1. The Labute approximate surface area is 87.2 Å². The van der Waals surface area contributed by atoms with E-state index in [1.807, 2.05) is 6.07 Å². The summed E-state index contributed by atoms with van der Waals surface area (Å²) >= 11 is 0. The standard InChI is InChI=1S/C10H10N2O3/c1-12-10(13)15-8-4-3-7(6-11)5-9(8)14-2/h3-5H,1-2H3,(H,12,13). The predicted octanol–water partition coefficient (Wildman–Crippen LogP) is 1.29. The zero-order chi connectivity index (χ0) is 11.3. The molecule has 1 aromatic carbocycles. The van der Waals surface area contributed by atoms with Crippen molar-refractivity contribution in [3.05, 3.63) is 23.8 Å². The van der Waals surface area contributed by atoms with Gasteiger partial charge >= 0.3 is 6.09 Å². The van der Waals surface area contributed by atoms with Gasteiger partial charge in [-0.3, -0.25) is 0 Å². The SMILES string of the molecule is CNC(=O)Oc1ccc(C#N)cc1OC. The van der Waals surface area contributed by atoms with Gasteiger partial charge in [0.25, 0.3) is 0 Å². The quantitative estimate of drug-likeness (QED) is 0.791. The molecule has 0 aliphatic heterocycles. The molecule has 0 heterocycles. The lowest BCUT2D eigenvalue weighted by Crippen LogP contribution is -2.22. The monoisotopic (exact) mass is 206 g/mol. The van der Waals surface area contributed by atoms with E-state index in [0.29, 0.717) is 11.3 Å². The van der Waals surface area contributed by atoms with Gasteiger partial charge in [0, 0.05) is 13.1 Å². The van der Waals surface area contributed by atoms with Crippen LogP contribution in [0.25, 0.3) is 0 Å². The number of amides is 1. The lowest BCUT2D eigenvalue weighted by Gasteiger charge is -2.08. The van der Waals surface area contributed by atoms with Gasteiger partial charge in [0.05, 0.1) is 18.7 Å². The Morgan fingerprint density at radius 2 is 2.20 bits per heavy atom. The van der Waals surface area contributed by atoms with Crippen molar-refractivity contribution in [1.82, 2.24) is 5.32 Å². The fourth-order valence-electron chi connectivity index (χ4n) is 0.972. The van der Waals surface area contributed by atoms with E-state index >= 15 is 0 Å². The van der Waals surface area contributed by atoms with Gasteiger partial charge < -0.3 is 14.8 Å². The first kappa shape index (κ1) is 10.9. The van der Waals surface area contributed by atoms with Crippen molar-refractivity contribution in [2.45, 2.75) is 0 Å². The summed E-state index contributed by atoms with van der Waals surface area (Å²) in [7, 11) is 2.89. The maximum absolute atomic E-state index is 10.9. The largest absolute Gasteiger partial charge is 0.493 e. The minimum atomic E-state index is -0.585. The normalized spacial score (nSPS) is 8.87. The van der Waals surface area contributed by atoms with Crippen molar-refractivity contribution in [1.29, 1.82) is 5.26 Å². The molecule has 0 saturated heterocycles. The molecule has 78 valence electrons. The van der Waals surface area contributed by atoms with Crippen LogP contribution < -0.4 is 14.8 Å². The number of hydrogen-bond acceptors (Lipinski definition) is 4. The highest BCUT2D eigenvalue weighted by molar-refractivity contribution is 5.71. The second-order valence-corrected chi connectivity index (χ2v) is 2.62. The topological polar surface area (TPSA) is 71.3 Å². The van der Waals surface area contributed by atoms with E-state index in [1.165, 1.54) is 26.3 Å². The van der Waals surface area contributed by atoms with E-state index < -0.39 is 6.09 Å². The summed E-state index contributed by atoms with van der Waals surface area (Å²) in [6.07, 6.45) is -0.585. The van der Waals surface area contributed by atoms with Crippen molar-refractivity contribution in [3.63, 3.8) is 0 Å². The van der Waals surface area contributed by atoms with E-state index in [-0.39, 0.29) is 5.75 Å². The molecule has 0 atom stereocenters. The average Bonchev–Trinajstić information content (AvgIpc) is 2.29. The molecule has 1 rings (SSSR count). The van der Waals surface area contributed by atoms with Crippen LogP contribution in [0.2, 0.25) is 0 Å². The summed E-state index contributed by atoms with van der Waals surface area (Å²) in [5, 5.41) is 11.0. The fourth-order valence-corrected chi connectivity index (χ4v) is 0.972. The molecule has 15 heavy (non-hydrogen) atoms. The number of nitriles is 1. The van der Waals surface area contributed by atoms with Crippen molar-refractivity contribution in [2.24, 2.45) is 0 Å². The predicted molar refractivity (Wildman–Crippen MR) is 52.8 cm³/mol. The van der Waals surface area contributed by atoms with Gasteiger partial charge in [-0.2, -0.15) is 5.26 Å². The van der Waals surface area contributed by atoms with Crippen LogP contribution in [0.5, 0.6) is 11.5 Å². The number of ether oxygens (including phenoxy) is 2. The minimum Gasteiger partial charge on any atom is -0.493 e. The smallest absolute Gasteiger partial charge is 0.412 e. The van der Waals surface area contributed by atoms with Gasteiger partial charge in [0.2, 0.25) is 0 Å². The lowest BCUT2D eigenvalue weighted by atomic mass is 10.2. The van der Waals surface area contributed by atoms with Crippen LogP contribution in [0, 0.1) is 11.3 Å². The Morgan fingerprint density at radius 3 is 2.73 bits per heavy atom. The van der Waals surface area contributed by atoms with Crippen LogP contribution in [0.4, 0.5) is 4.79 Å². The van der Waals surface area contributed by atoms with Crippen LogP contribution >= 0.6 is 0 Å². The van der Waals surface area contributed by atoms with Crippen molar-refractivity contribution < 1.29 is 14.3 Å². The van der Waals surface area contributed by atoms with Crippen LogP contribution in [0.1, 0.15) is 5.56 Å². The first-order valence-corrected chi connectivity index (χ1v) is 4.19. The molecule has 1 amide bonds. The summed E-state index contributed by atoms with van der Waals surface area (Å²) < 4.78 is 9.88. The highest BCUT2D eigenvalue weighted by Gasteiger charge is 2.08.